The lowest BCUT2D eigenvalue weighted by molar-refractivity contribution is -0.385. The smallest absolute Gasteiger partial charge is 0.268 e. The minimum atomic E-state index is -0.601. The van der Waals surface area contributed by atoms with Crippen LogP contribution in [0.2, 0.25) is 0 Å². The molecule has 6 nitrogen and oxygen atoms in total. The molecular weight excluding hydrogens is 347 g/mol. The molecule has 0 aliphatic carbocycles. The Morgan fingerprint density at radius 3 is 2.52 bits per heavy atom. The number of carbonyl (C=O) groups excluding carboxylic acids is 2. The zero-order chi connectivity index (χ0) is 18.0. The number of nitrogens with zero attached hydrogens (tertiary/aromatic N) is 2. The minimum absolute atomic E-state index is 0.0654. The van der Waals surface area contributed by atoms with Gasteiger partial charge in [-0.05, 0) is 30.0 Å². The van der Waals surface area contributed by atoms with Gasteiger partial charge >= 0.3 is 0 Å². The average molecular weight is 358 g/mol. The van der Waals surface area contributed by atoms with Crippen molar-refractivity contribution < 1.29 is 18.9 Å². The molecule has 2 aromatic rings. The van der Waals surface area contributed by atoms with Crippen molar-refractivity contribution in [1.29, 1.82) is 0 Å². The van der Waals surface area contributed by atoms with Crippen LogP contribution in [0.3, 0.4) is 0 Å². The summed E-state index contributed by atoms with van der Waals surface area (Å²) in [7, 11) is 0. The highest BCUT2D eigenvalue weighted by atomic mass is 32.2. The third kappa shape index (κ3) is 3.43. The number of nitro groups is 1. The molecule has 0 radical (unpaired) electrons. The fourth-order valence-electron chi connectivity index (χ4n) is 2.35. The van der Waals surface area contributed by atoms with Gasteiger partial charge in [-0.25, -0.2) is 4.39 Å². The lowest BCUT2D eigenvalue weighted by Crippen LogP contribution is -2.27. The van der Waals surface area contributed by atoms with E-state index in [4.69, 9.17) is 0 Å². The van der Waals surface area contributed by atoms with Crippen molar-refractivity contribution >= 4 is 34.7 Å². The van der Waals surface area contributed by atoms with Crippen LogP contribution in [0.15, 0.2) is 53.4 Å². The molecule has 0 bridgehead atoms. The molecule has 1 aliphatic heterocycles. The predicted octanol–water partition coefficient (Wildman–Crippen LogP) is 3.97. The van der Waals surface area contributed by atoms with Crippen molar-refractivity contribution in [2.45, 2.75) is 6.54 Å². The Morgan fingerprint density at radius 2 is 1.80 bits per heavy atom. The molecule has 0 saturated carbocycles. The van der Waals surface area contributed by atoms with Crippen LogP contribution in [0.5, 0.6) is 0 Å². The summed E-state index contributed by atoms with van der Waals surface area (Å²) >= 11 is 0.676. The lowest BCUT2D eigenvalue weighted by atomic mass is 10.1. The van der Waals surface area contributed by atoms with Gasteiger partial charge in [-0.3, -0.25) is 24.6 Å². The highest BCUT2D eigenvalue weighted by Crippen LogP contribution is 2.34. The Morgan fingerprint density at radius 1 is 1.12 bits per heavy atom. The second kappa shape index (κ2) is 6.86. The lowest BCUT2D eigenvalue weighted by Gasteiger charge is -2.12. The summed E-state index contributed by atoms with van der Waals surface area (Å²) in [5.41, 5.74) is 0.282. The third-order valence-electron chi connectivity index (χ3n) is 3.58. The summed E-state index contributed by atoms with van der Waals surface area (Å²) in [4.78, 5) is 36.0. The number of thioether (sulfide) groups is 1. The van der Waals surface area contributed by atoms with Crippen LogP contribution in [0, 0.1) is 15.9 Å². The second-order valence-electron chi connectivity index (χ2n) is 5.18. The Kier molecular flexibility index (Phi) is 4.62. The zero-order valence-corrected chi connectivity index (χ0v) is 13.5. The van der Waals surface area contributed by atoms with E-state index in [1.54, 1.807) is 12.1 Å². The molecule has 0 unspecified atom stereocenters. The maximum Gasteiger partial charge on any atom is 0.293 e. The van der Waals surface area contributed by atoms with E-state index >= 15 is 0 Å². The van der Waals surface area contributed by atoms with Gasteiger partial charge in [0.05, 0.1) is 21.9 Å². The molecule has 2 amide bonds. The Labute approximate surface area is 146 Å². The van der Waals surface area contributed by atoms with Crippen LogP contribution in [-0.2, 0) is 11.3 Å². The van der Waals surface area contributed by atoms with E-state index in [0.29, 0.717) is 11.8 Å². The Hall–Kier alpha value is -3.00. The van der Waals surface area contributed by atoms with Crippen molar-refractivity contribution in [2.75, 3.05) is 0 Å². The van der Waals surface area contributed by atoms with Crippen LogP contribution in [0.25, 0.3) is 6.08 Å². The van der Waals surface area contributed by atoms with E-state index in [2.05, 4.69) is 0 Å². The topological polar surface area (TPSA) is 80.5 Å². The predicted molar refractivity (Wildman–Crippen MR) is 91.0 cm³/mol. The van der Waals surface area contributed by atoms with Gasteiger partial charge in [0.15, 0.2) is 0 Å². The van der Waals surface area contributed by atoms with Gasteiger partial charge in [0, 0.05) is 11.6 Å². The highest BCUT2D eigenvalue weighted by Gasteiger charge is 2.35. The quantitative estimate of drug-likeness (QED) is 0.469. The first-order valence-corrected chi connectivity index (χ1v) is 8.01. The Balaban J connectivity index is 1.89. The number of benzene rings is 2. The largest absolute Gasteiger partial charge is 0.293 e. The number of halogens is 1. The maximum atomic E-state index is 13.7. The monoisotopic (exact) mass is 358 g/mol. The molecule has 1 saturated heterocycles. The van der Waals surface area contributed by atoms with E-state index in [0.717, 1.165) is 4.90 Å². The van der Waals surface area contributed by atoms with Gasteiger partial charge in [-0.1, -0.05) is 30.3 Å². The first-order chi connectivity index (χ1) is 12.0. The van der Waals surface area contributed by atoms with E-state index in [1.165, 1.54) is 42.5 Å². The molecule has 8 heteroatoms. The highest BCUT2D eigenvalue weighted by molar-refractivity contribution is 8.18. The SMILES string of the molecule is O=C1S/C(=C/c2ccccc2[N+](=O)[O-])C(=O)N1Cc1ccccc1F. The molecule has 2 aromatic carbocycles. The molecule has 25 heavy (non-hydrogen) atoms. The summed E-state index contributed by atoms with van der Waals surface area (Å²) in [6.45, 7) is -0.189. The number of imide groups is 1. The van der Waals surface area contributed by atoms with Crippen LogP contribution in [0.4, 0.5) is 14.9 Å². The molecule has 1 heterocycles. The average Bonchev–Trinajstić information content (AvgIpc) is 2.84. The first kappa shape index (κ1) is 16.8. The third-order valence-corrected chi connectivity index (χ3v) is 4.49. The van der Waals surface area contributed by atoms with Gasteiger partial charge in [-0.2, -0.15) is 0 Å². The van der Waals surface area contributed by atoms with E-state index in [-0.39, 0.29) is 28.3 Å². The van der Waals surface area contributed by atoms with Gasteiger partial charge < -0.3 is 0 Å². The summed E-state index contributed by atoms with van der Waals surface area (Å²) in [6.07, 6.45) is 1.31. The number of amides is 2. The summed E-state index contributed by atoms with van der Waals surface area (Å²) < 4.78 is 13.7. The molecule has 0 spiro atoms. The maximum absolute atomic E-state index is 13.7. The van der Waals surface area contributed by atoms with Crippen molar-refractivity contribution in [3.8, 4) is 0 Å². The van der Waals surface area contributed by atoms with Crippen molar-refractivity contribution in [1.82, 2.24) is 4.90 Å². The fourth-order valence-corrected chi connectivity index (χ4v) is 3.18. The van der Waals surface area contributed by atoms with Crippen molar-refractivity contribution in [2.24, 2.45) is 0 Å². The summed E-state index contributed by atoms with van der Waals surface area (Å²) in [5.74, 6) is -1.11. The molecule has 0 atom stereocenters. The van der Waals surface area contributed by atoms with Crippen LogP contribution in [0.1, 0.15) is 11.1 Å². The molecule has 0 N–H and O–H groups in total. The van der Waals surface area contributed by atoms with Gasteiger partial charge in [0.1, 0.15) is 5.82 Å². The van der Waals surface area contributed by atoms with Crippen LogP contribution < -0.4 is 0 Å². The first-order valence-electron chi connectivity index (χ1n) is 7.19. The number of rotatable bonds is 4. The fraction of sp³-hybridized carbons (Fsp3) is 0.0588. The number of para-hydroxylation sites is 1. The molecule has 1 fully saturated rings. The van der Waals surface area contributed by atoms with Gasteiger partial charge in [-0.15, -0.1) is 0 Å². The van der Waals surface area contributed by atoms with Crippen molar-refractivity contribution in [3.05, 3.63) is 80.5 Å². The standard InChI is InChI=1S/C17H11FN2O4S/c18-13-7-3-1-6-12(13)10-19-16(21)15(25-17(19)22)9-11-5-2-4-8-14(11)20(23)24/h1-9H,10H2/b15-9+. The number of hydrogen-bond donors (Lipinski definition) is 0. The van der Waals surface area contributed by atoms with Gasteiger partial charge in [0.2, 0.25) is 0 Å². The number of hydrogen-bond acceptors (Lipinski definition) is 5. The van der Waals surface area contributed by atoms with E-state index < -0.39 is 21.9 Å². The Bertz CT molecular complexity index is 913. The van der Waals surface area contributed by atoms with Gasteiger partial charge in [0.25, 0.3) is 16.8 Å². The van der Waals surface area contributed by atoms with Crippen LogP contribution >= 0.6 is 11.8 Å². The normalized spacial score (nSPS) is 15.9. The number of carbonyl (C=O) groups is 2. The summed E-state index contributed by atoms with van der Waals surface area (Å²) in [5, 5.41) is 10.5. The molecule has 126 valence electrons. The van der Waals surface area contributed by atoms with Crippen molar-refractivity contribution in [3.63, 3.8) is 0 Å². The molecule has 0 aromatic heterocycles. The zero-order valence-electron chi connectivity index (χ0n) is 12.7. The summed E-state index contributed by atoms with van der Waals surface area (Å²) in [6, 6.07) is 11.8. The van der Waals surface area contributed by atoms with E-state index in [1.807, 2.05) is 0 Å². The minimum Gasteiger partial charge on any atom is -0.268 e. The molecular formula is C17H11FN2O4S. The van der Waals surface area contributed by atoms with Crippen LogP contribution in [-0.4, -0.2) is 21.0 Å². The number of nitro benzene ring substituents is 1. The second-order valence-corrected chi connectivity index (χ2v) is 6.17. The molecule has 1 aliphatic rings. The molecule has 3 rings (SSSR count). The van der Waals surface area contributed by atoms with E-state index in [9.17, 15) is 24.1 Å².